The molecule has 0 aromatic heterocycles. The second-order valence-corrected chi connectivity index (χ2v) is 5.73. The highest BCUT2D eigenvalue weighted by atomic mass is 16.5. The van der Waals surface area contributed by atoms with Crippen molar-refractivity contribution in [2.24, 2.45) is 5.73 Å². The van der Waals surface area contributed by atoms with Crippen molar-refractivity contribution in [2.45, 2.75) is 25.3 Å². The highest BCUT2D eigenvalue weighted by Crippen LogP contribution is 2.25. The van der Waals surface area contributed by atoms with Gasteiger partial charge in [0.25, 0.3) is 0 Å². The molecule has 2 aromatic rings. The summed E-state index contributed by atoms with van der Waals surface area (Å²) >= 11 is 0. The van der Waals surface area contributed by atoms with Gasteiger partial charge < -0.3 is 15.8 Å². The van der Waals surface area contributed by atoms with Crippen molar-refractivity contribution < 1.29 is 19.1 Å². The van der Waals surface area contributed by atoms with E-state index in [-0.39, 0.29) is 13.0 Å². The minimum absolute atomic E-state index is 0.189. The Morgan fingerprint density at radius 3 is 1.88 bits per heavy atom. The molecule has 1 atom stereocenters. The van der Waals surface area contributed by atoms with Crippen LogP contribution in [0.5, 0.6) is 0 Å². The van der Waals surface area contributed by atoms with Crippen LogP contribution in [0.4, 0.5) is 0 Å². The number of hydrogen-bond donors (Lipinski definition) is 2. The van der Waals surface area contributed by atoms with E-state index >= 15 is 0 Å². The normalized spacial score (nSPS) is 11.6. The predicted molar refractivity (Wildman–Crippen MR) is 97.1 cm³/mol. The Hall–Kier alpha value is -3.15. The third kappa shape index (κ3) is 5.17. The van der Waals surface area contributed by atoms with Crippen molar-refractivity contribution in [2.75, 3.05) is 6.61 Å². The summed E-state index contributed by atoms with van der Waals surface area (Å²) in [5.41, 5.74) is 6.89. The molecule has 0 saturated heterocycles. The van der Waals surface area contributed by atoms with Crippen LogP contribution in [0.2, 0.25) is 0 Å². The average molecular weight is 354 g/mol. The van der Waals surface area contributed by atoms with E-state index in [2.05, 4.69) is 5.32 Å². The zero-order chi connectivity index (χ0) is 18.9. The van der Waals surface area contributed by atoms with Gasteiger partial charge in [-0.25, -0.2) is 0 Å². The molecule has 0 radical (unpaired) electrons. The largest absolute Gasteiger partial charge is 0.466 e. The summed E-state index contributed by atoms with van der Waals surface area (Å²) in [5.74, 6) is -2.41. The van der Waals surface area contributed by atoms with Gasteiger partial charge in [-0.3, -0.25) is 14.4 Å². The standard InChI is InChI=1S/C20H22N2O4/c1-2-26-17(23)13-16(19(21)24)22-20(25)18(14-9-5-3-6-10-14)15-11-7-4-8-12-15/h3-12,16,18H,2,13H2,1H3,(H2,21,24)(H,22,25)/t16-/m1/s1. The van der Waals surface area contributed by atoms with Crippen LogP contribution in [-0.2, 0) is 19.1 Å². The van der Waals surface area contributed by atoms with E-state index in [0.29, 0.717) is 0 Å². The molecule has 0 saturated carbocycles. The molecule has 0 aliphatic carbocycles. The summed E-state index contributed by atoms with van der Waals surface area (Å²) in [6.45, 7) is 1.85. The molecule has 0 aliphatic heterocycles. The first kappa shape index (κ1) is 19.2. The number of carbonyl (C=O) groups is 3. The minimum atomic E-state index is -1.13. The van der Waals surface area contributed by atoms with Gasteiger partial charge in [-0.15, -0.1) is 0 Å². The number of hydrogen-bond acceptors (Lipinski definition) is 4. The van der Waals surface area contributed by atoms with Crippen molar-refractivity contribution in [3.8, 4) is 0 Å². The monoisotopic (exact) mass is 354 g/mol. The van der Waals surface area contributed by atoms with Gasteiger partial charge in [-0.1, -0.05) is 60.7 Å². The van der Waals surface area contributed by atoms with Crippen molar-refractivity contribution in [3.63, 3.8) is 0 Å². The third-order valence-electron chi connectivity index (χ3n) is 3.86. The van der Waals surface area contributed by atoms with Crippen LogP contribution in [0.15, 0.2) is 60.7 Å². The Morgan fingerprint density at radius 2 is 1.46 bits per heavy atom. The number of amides is 2. The highest BCUT2D eigenvalue weighted by Gasteiger charge is 2.28. The van der Waals surface area contributed by atoms with E-state index < -0.39 is 29.7 Å². The summed E-state index contributed by atoms with van der Waals surface area (Å²) in [4.78, 5) is 36.3. The van der Waals surface area contributed by atoms with E-state index in [1.807, 2.05) is 60.7 Å². The first-order valence-electron chi connectivity index (χ1n) is 8.38. The zero-order valence-electron chi connectivity index (χ0n) is 14.6. The maximum Gasteiger partial charge on any atom is 0.308 e. The summed E-state index contributed by atoms with van der Waals surface area (Å²) in [5, 5.41) is 2.59. The van der Waals surface area contributed by atoms with Crippen LogP contribution in [0.1, 0.15) is 30.4 Å². The van der Waals surface area contributed by atoms with E-state index in [9.17, 15) is 14.4 Å². The van der Waals surface area contributed by atoms with Gasteiger partial charge in [-0.05, 0) is 18.1 Å². The molecule has 0 aliphatic rings. The Labute approximate surface area is 152 Å². The minimum Gasteiger partial charge on any atom is -0.466 e. The topological polar surface area (TPSA) is 98.5 Å². The number of benzene rings is 2. The number of nitrogens with one attached hydrogen (secondary N) is 1. The lowest BCUT2D eigenvalue weighted by atomic mass is 9.90. The van der Waals surface area contributed by atoms with E-state index in [4.69, 9.17) is 10.5 Å². The van der Waals surface area contributed by atoms with Crippen LogP contribution in [0, 0.1) is 0 Å². The van der Waals surface area contributed by atoms with E-state index in [1.165, 1.54) is 0 Å². The Balaban J connectivity index is 2.25. The number of rotatable bonds is 8. The van der Waals surface area contributed by atoms with E-state index in [0.717, 1.165) is 11.1 Å². The van der Waals surface area contributed by atoms with Gasteiger partial charge in [0.2, 0.25) is 11.8 Å². The second kappa shape index (κ2) is 9.36. The predicted octanol–water partition coefficient (Wildman–Crippen LogP) is 1.74. The first-order chi connectivity index (χ1) is 12.5. The lowest BCUT2D eigenvalue weighted by molar-refractivity contribution is -0.145. The summed E-state index contributed by atoms with van der Waals surface area (Å²) in [6, 6.07) is 17.3. The number of primary amides is 1. The maximum atomic E-state index is 12.9. The Kier molecular flexibility index (Phi) is 6.91. The molecule has 0 spiro atoms. The molecule has 0 bridgehead atoms. The number of esters is 1. The molecule has 2 aromatic carbocycles. The van der Waals surface area contributed by atoms with Crippen molar-refractivity contribution in [3.05, 3.63) is 71.8 Å². The van der Waals surface area contributed by atoms with Crippen molar-refractivity contribution >= 4 is 17.8 Å². The second-order valence-electron chi connectivity index (χ2n) is 5.73. The molecule has 136 valence electrons. The Bertz CT molecular complexity index is 707. The number of carbonyl (C=O) groups excluding carboxylic acids is 3. The number of nitrogens with two attached hydrogens (primary N) is 1. The third-order valence-corrected chi connectivity index (χ3v) is 3.86. The fourth-order valence-electron chi connectivity index (χ4n) is 2.65. The fourth-order valence-corrected chi connectivity index (χ4v) is 2.65. The van der Waals surface area contributed by atoms with E-state index in [1.54, 1.807) is 6.92 Å². The molecule has 6 nitrogen and oxygen atoms in total. The van der Waals surface area contributed by atoms with Crippen LogP contribution in [-0.4, -0.2) is 30.4 Å². The number of ether oxygens (including phenoxy) is 1. The molecule has 0 fully saturated rings. The fraction of sp³-hybridized carbons (Fsp3) is 0.250. The molecule has 0 unspecified atom stereocenters. The molecule has 2 amide bonds. The van der Waals surface area contributed by atoms with Gasteiger partial charge in [-0.2, -0.15) is 0 Å². The SMILES string of the molecule is CCOC(=O)C[C@@H](NC(=O)C(c1ccccc1)c1ccccc1)C(N)=O. The smallest absolute Gasteiger partial charge is 0.308 e. The maximum absolute atomic E-state index is 12.9. The summed E-state index contributed by atoms with van der Waals surface area (Å²) in [6.07, 6.45) is -0.300. The average Bonchev–Trinajstić information content (AvgIpc) is 2.63. The molecule has 26 heavy (non-hydrogen) atoms. The van der Waals surface area contributed by atoms with Crippen LogP contribution < -0.4 is 11.1 Å². The van der Waals surface area contributed by atoms with Crippen LogP contribution in [0.25, 0.3) is 0 Å². The summed E-state index contributed by atoms with van der Waals surface area (Å²) in [7, 11) is 0. The lowest BCUT2D eigenvalue weighted by Gasteiger charge is -2.21. The Morgan fingerprint density at radius 1 is 0.962 bits per heavy atom. The summed E-state index contributed by atoms with van der Waals surface area (Å²) < 4.78 is 4.84. The molecular weight excluding hydrogens is 332 g/mol. The molecule has 3 N–H and O–H groups in total. The molecule has 6 heteroatoms. The van der Waals surface area contributed by atoms with Crippen molar-refractivity contribution in [1.82, 2.24) is 5.32 Å². The molecular formula is C20H22N2O4. The van der Waals surface area contributed by atoms with Crippen molar-refractivity contribution in [1.29, 1.82) is 0 Å². The zero-order valence-corrected chi connectivity index (χ0v) is 14.6. The van der Waals surface area contributed by atoms with Gasteiger partial charge in [0.15, 0.2) is 0 Å². The quantitative estimate of drug-likeness (QED) is 0.706. The molecule has 0 heterocycles. The lowest BCUT2D eigenvalue weighted by Crippen LogP contribution is -2.47. The van der Waals surface area contributed by atoms with Gasteiger partial charge in [0.1, 0.15) is 6.04 Å². The van der Waals surface area contributed by atoms with Gasteiger partial charge in [0.05, 0.1) is 18.9 Å². The van der Waals surface area contributed by atoms with Crippen LogP contribution >= 0.6 is 0 Å². The highest BCUT2D eigenvalue weighted by molar-refractivity contribution is 5.93. The van der Waals surface area contributed by atoms with Gasteiger partial charge in [0, 0.05) is 0 Å². The molecule has 2 rings (SSSR count). The first-order valence-corrected chi connectivity index (χ1v) is 8.38. The van der Waals surface area contributed by atoms with Crippen LogP contribution in [0.3, 0.4) is 0 Å². The van der Waals surface area contributed by atoms with Gasteiger partial charge >= 0.3 is 5.97 Å².